The van der Waals surface area contributed by atoms with Gasteiger partial charge in [-0.25, -0.2) is 0 Å². The minimum atomic E-state index is -0.449. The molecule has 0 unspecified atom stereocenters. The van der Waals surface area contributed by atoms with E-state index in [9.17, 15) is 15.2 Å². The molecule has 0 radical (unpaired) electrons. The Kier molecular flexibility index (Phi) is 4.61. The van der Waals surface area contributed by atoms with Gasteiger partial charge in [-0.3, -0.25) is 10.1 Å². The van der Waals surface area contributed by atoms with Gasteiger partial charge in [0.2, 0.25) is 0 Å². The van der Waals surface area contributed by atoms with Crippen LogP contribution in [0.5, 0.6) is 0 Å². The molecule has 8 heteroatoms. The molecule has 8 nitrogen and oxygen atoms in total. The van der Waals surface area contributed by atoms with Crippen LogP contribution >= 0.6 is 0 Å². The maximum absolute atomic E-state index is 10.9. The second-order valence-electron chi connectivity index (χ2n) is 6.09. The third-order valence-corrected chi connectivity index (χ3v) is 4.39. The van der Waals surface area contributed by atoms with E-state index in [2.05, 4.69) is 15.5 Å². The van der Waals surface area contributed by atoms with Crippen LogP contribution in [0.4, 0.5) is 5.69 Å². The van der Waals surface area contributed by atoms with E-state index in [1.54, 1.807) is 16.8 Å². The summed E-state index contributed by atoms with van der Waals surface area (Å²) in [5.74, 6) is 0.524. The standard InChI is InChI=1S/C20H15N5O3/c26-13-14-5-7-15(8-6-14)18-3-1-2-4-19(18)20-21-22-23-24(20)16-9-11-17(12-10-16)25(27)28/h1-12,26H,13H2. The largest absolute Gasteiger partial charge is 0.392 e. The van der Waals surface area contributed by atoms with Crippen molar-refractivity contribution >= 4 is 5.69 Å². The van der Waals surface area contributed by atoms with Gasteiger partial charge in [-0.1, -0.05) is 48.5 Å². The molecule has 0 saturated carbocycles. The summed E-state index contributed by atoms with van der Waals surface area (Å²) in [5.41, 5.74) is 4.18. The van der Waals surface area contributed by atoms with Crippen molar-refractivity contribution in [2.24, 2.45) is 0 Å². The highest BCUT2D eigenvalue weighted by Gasteiger charge is 2.16. The highest BCUT2D eigenvalue weighted by molar-refractivity contribution is 5.81. The van der Waals surface area contributed by atoms with E-state index < -0.39 is 4.92 Å². The number of aromatic nitrogens is 4. The highest BCUT2D eigenvalue weighted by atomic mass is 16.6. The number of rotatable bonds is 5. The first-order chi connectivity index (χ1) is 13.7. The fourth-order valence-corrected chi connectivity index (χ4v) is 2.96. The van der Waals surface area contributed by atoms with Crippen molar-refractivity contribution in [2.75, 3.05) is 0 Å². The molecule has 0 atom stereocenters. The van der Waals surface area contributed by atoms with E-state index in [4.69, 9.17) is 0 Å². The number of nitro groups is 1. The molecular weight excluding hydrogens is 358 g/mol. The molecule has 1 N–H and O–H groups in total. The van der Waals surface area contributed by atoms with Crippen LogP contribution in [0.15, 0.2) is 72.8 Å². The molecule has 28 heavy (non-hydrogen) atoms. The van der Waals surface area contributed by atoms with Gasteiger partial charge in [0.15, 0.2) is 5.82 Å². The maximum atomic E-state index is 10.9. The number of hydrogen-bond acceptors (Lipinski definition) is 6. The van der Waals surface area contributed by atoms with Crippen molar-refractivity contribution < 1.29 is 10.0 Å². The molecule has 3 aromatic carbocycles. The third kappa shape index (κ3) is 3.24. The van der Waals surface area contributed by atoms with Gasteiger partial charge >= 0.3 is 0 Å². The molecule has 0 aliphatic heterocycles. The molecule has 1 heterocycles. The zero-order valence-corrected chi connectivity index (χ0v) is 14.6. The maximum Gasteiger partial charge on any atom is 0.269 e. The summed E-state index contributed by atoms with van der Waals surface area (Å²) < 4.78 is 1.55. The average Bonchev–Trinajstić information content (AvgIpc) is 3.23. The molecule has 1 aromatic heterocycles. The lowest BCUT2D eigenvalue weighted by Gasteiger charge is -2.10. The summed E-state index contributed by atoms with van der Waals surface area (Å²) in [4.78, 5) is 10.4. The second kappa shape index (κ2) is 7.37. The van der Waals surface area contributed by atoms with Crippen molar-refractivity contribution in [2.45, 2.75) is 6.61 Å². The number of nitrogens with zero attached hydrogens (tertiary/aromatic N) is 5. The van der Waals surface area contributed by atoms with Crippen LogP contribution in [0.25, 0.3) is 28.2 Å². The Morgan fingerprint density at radius 1 is 0.929 bits per heavy atom. The van der Waals surface area contributed by atoms with Gasteiger partial charge in [-0.15, -0.1) is 5.10 Å². The van der Waals surface area contributed by atoms with Crippen LogP contribution in [-0.2, 0) is 6.61 Å². The van der Waals surface area contributed by atoms with Crippen LogP contribution < -0.4 is 0 Å². The van der Waals surface area contributed by atoms with Crippen molar-refractivity contribution in [1.82, 2.24) is 20.2 Å². The molecule has 0 fully saturated rings. The highest BCUT2D eigenvalue weighted by Crippen LogP contribution is 2.31. The number of tetrazole rings is 1. The Morgan fingerprint density at radius 3 is 2.25 bits per heavy atom. The predicted molar refractivity (Wildman–Crippen MR) is 103 cm³/mol. The van der Waals surface area contributed by atoms with Gasteiger partial charge in [-0.05, 0) is 39.2 Å². The van der Waals surface area contributed by atoms with Gasteiger partial charge in [-0.2, -0.15) is 4.68 Å². The van der Waals surface area contributed by atoms with Crippen molar-refractivity contribution in [3.63, 3.8) is 0 Å². The molecule has 4 rings (SSSR count). The molecular formula is C20H15N5O3. The van der Waals surface area contributed by atoms with Crippen LogP contribution in [0.2, 0.25) is 0 Å². The molecule has 0 saturated heterocycles. The van der Waals surface area contributed by atoms with Crippen LogP contribution in [0, 0.1) is 10.1 Å². The lowest BCUT2D eigenvalue weighted by atomic mass is 9.98. The second-order valence-corrected chi connectivity index (χ2v) is 6.09. The van der Waals surface area contributed by atoms with Crippen molar-refractivity contribution in [1.29, 1.82) is 0 Å². The Hall–Kier alpha value is -3.91. The predicted octanol–water partition coefficient (Wildman–Crippen LogP) is 3.40. The van der Waals surface area contributed by atoms with Gasteiger partial charge in [0.1, 0.15) is 0 Å². The summed E-state index contributed by atoms with van der Waals surface area (Å²) in [6, 6.07) is 21.4. The first kappa shape index (κ1) is 17.5. The Bertz CT molecular complexity index is 1120. The lowest BCUT2D eigenvalue weighted by Crippen LogP contribution is -2.01. The Balaban J connectivity index is 1.79. The van der Waals surface area contributed by atoms with Crippen molar-refractivity contribution in [3.8, 4) is 28.2 Å². The molecule has 0 bridgehead atoms. The molecule has 0 aliphatic rings. The lowest BCUT2D eigenvalue weighted by molar-refractivity contribution is -0.384. The number of hydrogen-bond donors (Lipinski definition) is 1. The fraction of sp³-hybridized carbons (Fsp3) is 0.0500. The van der Waals surface area contributed by atoms with Crippen LogP contribution in [0.3, 0.4) is 0 Å². The van der Waals surface area contributed by atoms with Crippen molar-refractivity contribution in [3.05, 3.63) is 88.5 Å². The quantitative estimate of drug-likeness (QED) is 0.424. The molecule has 0 spiro atoms. The fourth-order valence-electron chi connectivity index (χ4n) is 2.96. The summed E-state index contributed by atoms with van der Waals surface area (Å²) in [6.07, 6.45) is 0. The SMILES string of the molecule is O=[N+]([O-])c1ccc(-n2nnnc2-c2ccccc2-c2ccc(CO)cc2)cc1. The van der Waals surface area contributed by atoms with E-state index in [1.807, 2.05) is 48.5 Å². The number of non-ortho nitro benzene ring substituents is 1. The summed E-state index contributed by atoms with van der Waals surface area (Å²) >= 11 is 0. The molecule has 0 amide bonds. The number of benzene rings is 3. The minimum absolute atomic E-state index is 0.00254. The first-order valence-corrected chi connectivity index (χ1v) is 8.50. The zero-order valence-electron chi connectivity index (χ0n) is 14.6. The van der Waals surface area contributed by atoms with Crippen LogP contribution in [0.1, 0.15) is 5.56 Å². The first-order valence-electron chi connectivity index (χ1n) is 8.50. The topological polar surface area (TPSA) is 107 Å². The van der Waals surface area contributed by atoms with E-state index in [-0.39, 0.29) is 12.3 Å². The number of aliphatic hydroxyl groups excluding tert-OH is 1. The van der Waals surface area contributed by atoms with E-state index in [1.165, 1.54) is 12.1 Å². The smallest absolute Gasteiger partial charge is 0.269 e. The van der Waals surface area contributed by atoms with E-state index in [0.717, 1.165) is 22.3 Å². The zero-order chi connectivity index (χ0) is 19.5. The minimum Gasteiger partial charge on any atom is -0.392 e. The van der Waals surface area contributed by atoms with Gasteiger partial charge in [0.25, 0.3) is 5.69 Å². The monoisotopic (exact) mass is 373 g/mol. The van der Waals surface area contributed by atoms with E-state index in [0.29, 0.717) is 11.5 Å². The average molecular weight is 373 g/mol. The van der Waals surface area contributed by atoms with Crippen LogP contribution in [-0.4, -0.2) is 30.2 Å². The Labute approximate surface area is 159 Å². The normalized spacial score (nSPS) is 10.8. The molecule has 4 aromatic rings. The summed E-state index contributed by atoms with van der Waals surface area (Å²) in [5, 5.41) is 32.1. The summed E-state index contributed by atoms with van der Waals surface area (Å²) in [7, 11) is 0. The molecule has 138 valence electrons. The molecule has 0 aliphatic carbocycles. The van der Waals surface area contributed by atoms with Gasteiger partial charge < -0.3 is 5.11 Å². The third-order valence-electron chi connectivity index (χ3n) is 4.39. The van der Waals surface area contributed by atoms with E-state index >= 15 is 0 Å². The van der Waals surface area contributed by atoms with Gasteiger partial charge in [0.05, 0.1) is 17.2 Å². The Morgan fingerprint density at radius 2 is 1.61 bits per heavy atom. The number of nitro benzene ring substituents is 1. The van der Waals surface area contributed by atoms with Gasteiger partial charge in [0, 0.05) is 17.7 Å². The summed E-state index contributed by atoms with van der Waals surface area (Å²) in [6.45, 7) is -0.0136. The number of aliphatic hydroxyl groups is 1.